The third-order valence-corrected chi connectivity index (χ3v) is 1.08. The van der Waals surface area contributed by atoms with Gasteiger partial charge in [-0.15, -0.1) is 0 Å². The van der Waals surface area contributed by atoms with Crippen LogP contribution in [0.1, 0.15) is 13.8 Å². The van der Waals surface area contributed by atoms with E-state index >= 15 is 0 Å². The lowest BCUT2D eigenvalue weighted by molar-refractivity contribution is 1.14. The Bertz CT molecular complexity index is 164. The van der Waals surface area contributed by atoms with Gasteiger partial charge in [-0.05, 0) is 13.8 Å². The van der Waals surface area contributed by atoms with Gasteiger partial charge in [-0.3, -0.25) is 0 Å². The molecule has 0 aromatic heterocycles. The van der Waals surface area contributed by atoms with Gasteiger partial charge in [-0.25, -0.2) is 0 Å². The molecule has 0 spiro atoms. The monoisotopic (exact) mass is 137 g/mol. The van der Waals surface area contributed by atoms with Crippen LogP contribution in [-0.4, -0.2) is 6.54 Å². The first-order chi connectivity index (χ1) is 4.66. The molecule has 0 aliphatic rings. The van der Waals surface area contributed by atoms with Crippen LogP contribution in [0.4, 0.5) is 0 Å². The van der Waals surface area contributed by atoms with E-state index in [1.165, 1.54) is 5.57 Å². The summed E-state index contributed by atoms with van der Waals surface area (Å²) < 4.78 is 0. The first-order valence-corrected chi connectivity index (χ1v) is 3.36. The molecule has 0 heterocycles. The molecule has 0 aromatic rings. The van der Waals surface area contributed by atoms with Crippen LogP contribution in [0, 0.1) is 0 Å². The molecule has 0 aliphatic carbocycles. The number of nitrogens with two attached hydrogens (primary N) is 1. The second-order valence-electron chi connectivity index (χ2n) is 2.42. The maximum atomic E-state index is 5.36. The van der Waals surface area contributed by atoms with Gasteiger partial charge in [0.05, 0.1) is 0 Å². The molecule has 1 nitrogen and oxygen atoms in total. The molecule has 0 bridgehead atoms. The van der Waals surface area contributed by atoms with Crippen molar-refractivity contribution in [2.24, 2.45) is 5.73 Å². The van der Waals surface area contributed by atoms with Gasteiger partial charge in [0, 0.05) is 6.54 Å². The highest BCUT2D eigenvalue weighted by molar-refractivity contribution is 5.19. The van der Waals surface area contributed by atoms with Crippen LogP contribution in [0.3, 0.4) is 0 Å². The average molecular weight is 137 g/mol. The zero-order valence-corrected chi connectivity index (χ0v) is 6.72. The topological polar surface area (TPSA) is 26.0 Å². The summed E-state index contributed by atoms with van der Waals surface area (Å²) in [4.78, 5) is 0. The van der Waals surface area contributed by atoms with Crippen molar-refractivity contribution in [3.8, 4) is 0 Å². The Kier molecular flexibility index (Phi) is 4.59. The van der Waals surface area contributed by atoms with Gasteiger partial charge in [0.1, 0.15) is 0 Å². The molecule has 56 valence electrons. The van der Waals surface area contributed by atoms with E-state index in [-0.39, 0.29) is 0 Å². The van der Waals surface area contributed by atoms with Crippen LogP contribution >= 0.6 is 0 Å². The van der Waals surface area contributed by atoms with Gasteiger partial charge in [0.25, 0.3) is 0 Å². The minimum atomic E-state index is 0.626. The lowest BCUT2D eigenvalue weighted by Gasteiger charge is -1.89. The quantitative estimate of drug-likeness (QED) is 0.592. The molecule has 0 fully saturated rings. The van der Waals surface area contributed by atoms with Gasteiger partial charge in [-0.2, -0.15) is 0 Å². The Morgan fingerprint density at radius 3 is 2.50 bits per heavy atom. The van der Waals surface area contributed by atoms with E-state index in [2.05, 4.69) is 6.58 Å². The maximum absolute atomic E-state index is 5.36. The Hall–Kier alpha value is -0.820. The fourth-order valence-corrected chi connectivity index (χ4v) is 0.445. The number of hydrogen-bond acceptors (Lipinski definition) is 1. The Labute approximate surface area is 62.9 Å². The predicted molar refractivity (Wildman–Crippen MR) is 46.8 cm³/mol. The third-order valence-electron chi connectivity index (χ3n) is 1.08. The van der Waals surface area contributed by atoms with E-state index in [0.717, 1.165) is 5.57 Å². The van der Waals surface area contributed by atoms with Gasteiger partial charge >= 0.3 is 0 Å². The highest BCUT2D eigenvalue weighted by Crippen LogP contribution is 1.92. The van der Waals surface area contributed by atoms with E-state index in [1.807, 2.05) is 32.1 Å². The largest absolute Gasteiger partial charge is 0.327 e. The average Bonchev–Trinajstić information content (AvgIpc) is 1.87. The summed E-state index contributed by atoms with van der Waals surface area (Å²) in [5.41, 5.74) is 7.60. The Balaban J connectivity index is 3.82. The Morgan fingerprint density at radius 2 is 2.10 bits per heavy atom. The molecule has 0 aliphatic heterocycles. The summed E-state index contributed by atoms with van der Waals surface area (Å²) in [6.45, 7) is 8.32. The Morgan fingerprint density at radius 1 is 1.50 bits per heavy atom. The van der Waals surface area contributed by atoms with E-state index in [0.29, 0.717) is 6.54 Å². The predicted octanol–water partition coefficient (Wildman–Crippen LogP) is 2.02. The molecule has 0 aromatic carbocycles. The van der Waals surface area contributed by atoms with Crippen molar-refractivity contribution in [3.63, 3.8) is 0 Å². The number of allylic oxidation sites excluding steroid dienone is 4. The van der Waals surface area contributed by atoms with E-state index < -0.39 is 0 Å². The van der Waals surface area contributed by atoms with Crippen molar-refractivity contribution >= 4 is 0 Å². The van der Waals surface area contributed by atoms with Crippen LogP contribution in [-0.2, 0) is 0 Å². The lowest BCUT2D eigenvalue weighted by Crippen LogP contribution is -1.98. The van der Waals surface area contributed by atoms with Crippen molar-refractivity contribution in [2.75, 3.05) is 6.54 Å². The molecular formula is C9H15N. The van der Waals surface area contributed by atoms with Crippen LogP contribution in [0.15, 0.2) is 36.0 Å². The summed E-state index contributed by atoms with van der Waals surface area (Å²) in [7, 11) is 0. The zero-order valence-electron chi connectivity index (χ0n) is 6.72. The minimum Gasteiger partial charge on any atom is -0.327 e. The van der Waals surface area contributed by atoms with Crippen molar-refractivity contribution in [1.82, 2.24) is 0 Å². The molecule has 0 amide bonds. The van der Waals surface area contributed by atoms with Crippen molar-refractivity contribution in [2.45, 2.75) is 13.8 Å². The van der Waals surface area contributed by atoms with Gasteiger partial charge in [-0.1, -0.05) is 36.0 Å². The summed E-state index contributed by atoms with van der Waals surface area (Å²) in [6.07, 6.45) is 5.92. The highest BCUT2D eigenvalue weighted by atomic mass is 14.5. The summed E-state index contributed by atoms with van der Waals surface area (Å²) in [6, 6.07) is 0. The fourth-order valence-electron chi connectivity index (χ4n) is 0.445. The molecule has 1 heteroatoms. The summed E-state index contributed by atoms with van der Waals surface area (Å²) >= 11 is 0. The molecular weight excluding hydrogens is 122 g/mol. The molecule has 0 atom stereocenters. The molecule has 0 saturated carbocycles. The second-order valence-corrected chi connectivity index (χ2v) is 2.42. The normalized spacial score (nSPS) is 12.5. The molecule has 0 saturated heterocycles. The maximum Gasteiger partial charge on any atom is 0.0137 e. The third kappa shape index (κ3) is 5.32. The smallest absolute Gasteiger partial charge is 0.0137 e. The van der Waals surface area contributed by atoms with Crippen LogP contribution in [0.5, 0.6) is 0 Å². The molecule has 2 N–H and O–H groups in total. The van der Waals surface area contributed by atoms with Gasteiger partial charge in [0.2, 0.25) is 0 Å². The first-order valence-electron chi connectivity index (χ1n) is 3.36. The number of rotatable bonds is 3. The zero-order chi connectivity index (χ0) is 7.98. The highest BCUT2D eigenvalue weighted by Gasteiger charge is 1.77. The van der Waals surface area contributed by atoms with Gasteiger partial charge in [0.15, 0.2) is 0 Å². The van der Waals surface area contributed by atoms with Gasteiger partial charge < -0.3 is 5.73 Å². The number of hydrogen-bond donors (Lipinski definition) is 1. The summed E-state index contributed by atoms with van der Waals surface area (Å²) in [5, 5.41) is 0. The van der Waals surface area contributed by atoms with Crippen LogP contribution in [0.25, 0.3) is 0 Å². The molecule has 0 rings (SSSR count). The second kappa shape index (κ2) is 5.00. The first kappa shape index (κ1) is 9.18. The fraction of sp³-hybridized carbons (Fsp3) is 0.333. The molecule has 0 radical (unpaired) electrons. The van der Waals surface area contributed by atoms with E-state index in [4.69, 9.17) is 5.73 Å². The van der Waals surface area contributed by atoms with Crippen LogP contribution < -0.4 is 5.73 Å². The van der Waals surface area contributed by atoms with E-state index in [1.54, 1.807) is 0 Å². The van der Waals surface area contributed by atoms with Crippen LogP contribution in [0.2, 0.25) is 0 Å². The van der Waals surface area contributed by atoms with E-state index in [9.17, 15) is 0 Å². The molecule has 0 unspecified atom stereocenters. The minimum absolute atomic E-state index is 0.626. The summed E-state index contributed by atoms with van der Waals surface area (Å²) in [5.74, 6) is 0. The van der Waals surface area contributed by atoms with Crippen molar-refractivity contribution < 1.29 is 0 Å². The SMILES string of the molecule is C=C(C)C=CC=C(C)CN. The molecule has 10 heavy (non-hydrogen) atoms. The standard InChI is InChI=1S/C9H15N/c1-8(2)5-4-6-9(3)7-10/h4-6H,1,7,10H2,2-3H3. The van der Waals surface area contributed by atoms with Crippen molar-refractivity contribution in [1.29, 1.82) is 0 Å². The van der Waals surface area contributed by atoms with Crippen molar-refractivity contribution in [3.05, 3.63) is 36.0 Å². The lowest BCUT2D eigenvalue weighted by atomic mass is 10.2.